The van der Waals surface area contributed by atoms with Crippen LogP contribution >= 0.6 is 0 Å². The zero-order valence-electron chi connectivity index (χ0n) is 7.83. The molecule has 1 aromatic rings. The zero-order valence-corrected chi connectivity index (χ0v) is 8.98. The lowest BCUT2D eigenvalue weighted by molar-refractivity contribution is 1.60. The van der Waals surface area contributed by atoms with E-state index >= 15 is 0 Å². The second kappa shape index (κ2) is 4.94. The van der Waals surface area contributed by atoms with Crippen molar-refractivity contribution in [3.8, 4) is 0 Å². The van der Waals surface area contributed by atoms with Crippen LogP contribution in [0.1, 0.15) is 5.56 Å². The van der Waals surface area contributed by atoms with Crippen molar-refractivity contribution in [1.29, 1.82) is 0 Å². The Morgan fingerprint density at radius 3 is 2.42 bits per heavy atom. The molecular weight excluding hydrogens is 160 g/mol. The van der Waals surface area contributed by atoms with Crippen molar-refractivity contribution >= 4 is 14.9 Å². The summed E-state index contributed by atoms with van der Waals surface area (Å²) in [5, 5.41) is 0. The summed E-state index contributed by atoms with van der Waals surface area (Å²) >= 11 is 0. The van der Waals surface area contributed by atoms with E-state index in [9.17, 15) is 0 Å². The molecule has 1 aromatic carbocycles. The summed E-state index contributed by atoms with van der Waals surface area (Å²) in [7, 11) is -0.399. The smallest absolute Gasteiger partial charge is 0.0344 e. The fourth-order valence-electron chi connectivity index (χ4n) is 1.04. The lowest BCUT2D eigenvalue weighted by Crippen LogP contribution is -1.94. The third kappa shape index (κ3) is 3.53. The summed E-state index contributed by atoms with van der Waals surface area (Å²) in [6.07, 6.45) is 4.51. The lowest BCUT2D eigenvalue weighted by atomic mass is 10.2. The Morgan fingerprint density at radius 2 is 1.83 bits per heavy atom. The van der Waals surface area contributed by atoms with E-state index in [0.717, 1.165) is 0 Å². The van der Waals surface area contributed by atoms with E-state index in [0.29, 0.717) is 0 Å². The molecule has 0 nitrogen and oxygen atoms in total. The molecule has 0 saturated carbocycles. The maximum absolute atomic E-state index is 2.37. The Balaban J connectivity index is 2.47. The second-order valence-corrected chi connectivity index (χ2v) is 6.70. The van der Waals surface area contributed by atoms with Gasteiger partial charge in [-0.1, -0.05) is 55.6 Å². The van der Waals surface area contributed by atoms with Crippen molar-refractivity contribution in [1.82, 2.24) is 0 Å². The van der Waals surface area contributed by atoms with Gasteiger partial charge in [-0.2, -0.15) is 0 Å². The molecule has 0 atom stereocenters. The first-order valence-electron chi connectivity index (χ1n) is 4.50. The number of hydrogen-bond acceptors (Lipinski definition) is 0. The first-order chi connectivity index (χ1) is 5.79. The van der Waals surface area contributed by atoms with Crippen molar-refractivity contribution in [3.05, 3.63) is 42.0 Å². The number of rotatable bonds is 3. The van der Waals surface area contributed by atoms with Gasteiger partial charge in [-0.3, -0.25) is 0 Å². The molecule has 1 rings (SSSR count). The van der Waals surface area contributed by atoms with E-state index < -0.39 is 8.80 Å². The van der Waals surface area contributed by atoms with Crippen LogP contribution < -0.4 is 0 Å². The fourth-order valence-corrected chi connectivity index (χ4v) is 1.72. The van der Waals surface area contributed by atoms with Crippen LogP contribution in [0.5, 0.6) is 0 Å². The van der Waals surface area contributed by atoms with Crippen molar-refractivity contribution in [2.24, 2.45) is 0 Å². The Hall–Kier alpha value is -0.823. The van der Waals surface area contributed by atoms with Crippen LogP contribution in [0, 0.1) is 0 Å². The van der Waals surface area contributed by atoms with Gasteiger partial charge >= 0.3 is 0 Å². The monoisotopic (exact) mass is 176 g/mol. The minimum atomic E-state index is -0.399. The van der Waals surface area contributed by atoms with E-state index in [4.69, 9.17) is 0 Å². The normalized spacial score (nSPS) is 11.2. The Bertz CT molecular complexity index is 236. The Morgan fingerprint density at radius 1 is 1.17 bits per heavy atom. The standard InChI is InChI=1S/C11H16Si/c1-12(2)10-6-9-11-7-4-3-5-8-11/h3-9,12H,10H2,1-2H3. The Labute approximate surface area is 76.5 Å². The SMILES string of the molecule is C[SiH](C)CC=Cc1ccccc1. The highest BCUT2D eigenvalue weighted by molar-refractivity contribution is 6.56. The summed E-state index contributed by atoms with van der Waals surface area (Å²) in [4.78, 5) is 0. The largest absolute Gasteiger partial charge is 0.0869 e. The van der Waals surface area contributed by atoms with Crippen LogP contribution in [-0.2, 0) is 0 Å². The molecule has 0 heterocycles. The molecule has 0 aliphatic carbocycles. The summed E-state index contributed by atoms with van der Waals surface area (Å²) < 4.78 is 0. The minimum absolute atomic E-state index is 0.399. The molecule has 0 fully saturated rings. The van der Waals surface area contributed by atoms with Gasteiger partial charge in [-0.15, -0.1) is 0 Å². The molecule has 0 spiro atoms. The van der Waals surface area contributed by atoms with Gasteiger partial charge in [0.1, 0.15) is 0 Å². The average molecular weight is 176 g/mol. The van der Waals surface area contributed by atoms with E-state index in [2.05, 4.69) is 55.6 Å². The van der Waals surface area contributed by atoms with Crippen LogP contribution in [0.3, 0.4) is 0 Å². The van der Waals surface area contributed by atoms with Crippen molar-refractivity contribution in [3.63, 3.8) is 0 Å². The molecule has 0 aliphatic rings. The molecule has 64 valence electrons. The maximum Gasteiger partial charge on any atom is 0.0344 e. The third-order valence-corrected chi connectivity index (χ3v) is 2.93. The van der Waals surface area contributed by atoms with E-state index in [-0.39, 0.29) is 0 Å². The van der Waals surface area contributed by atoms with Crippen LogP contribution in [0.2, 0.25) is 19.1 Å². The molecule has 0 radical (unpaired) electrons. The first-order valence-corrected chi connectivity index (χ1v) is 7.63. The third-order valence-electron chi connectivity index (χ3n) is 1.72. The van der Waals surface area contributed by atoms with Crippen LogP contribution in [-0.4, -0.2) is 8.80 Å². The molecular formula is C11H16Si. The molecule has 0 N–H and O–H groups in total. The summed E-state index contributed by atoms with van der Waals surface area (Å²) in [5.41, 5.74) is 1.31. The summed E-state index contributed by atoms with van der Waals surface area (Å²) in [6, 6.07) is 11.8. The van der Waals surface area contributed by atoms with E-state index in [1.165, 1.54) is 11.6 Å². The molecule has 0 aliphatic heterocycles. The molecule has 0 bridgehead atoms. The highest BCUT2D eigenvalue weighted by Crippen LogP contribution is 2.03. The van der Waals surface area contributed by atoms with E-state index in [1.54, 1.807) is 0 Å². The number of benzene rings is 1. The molecule has 12 heavy (non-hydrogen) atoms. The van der Waals surface area contributed by atoms with E-state index in [1.807, 2.05) is 0 Å². The number of allylic oxidation sites excluding steroid dienone is 1. The van der Waals surface area contributed by atoms with Gasteiger partial charge in [0.05, 0.1) is 0 Å². The van der Waals surface area contributed by atoms with Crippen molar-refractivity contribution < 1.29 is 0 Å². The highest BCUT2D eigenvalue weighted by atomic mass is 28.3. The maximum atomic E-state index is 2.37. The van der Waals surface area contributed by atoms with Gasteiger partial charge in [0, 0.05) is 8.80 Å². The van der Waals surface area contributed by atoms with Gasteiger partial charge in [-0.25, -0.2) is 0 Å². The highest BCUT2D eigenvalue weighted by Gasteiger charge is 1.89. The van der Waals surface area contributed by atoms with Crippen LogP contribution in [0.25, 0.3) is 6.08 Å². The summed E-state index contributed by atoms with van der Waals surface area (Å²) in [5.74, 6) is 0. The topological polar surface area (TPSA) is 0 Å². The molecule has 1 heteroatoms. The predicted molar refractivity (Wildman–Crippen MR) is 59.2 cm³/mol. The second-order valence-electron chi connectivity index (χ2n) is 3.44. The van der Waals surface area contributed by atoms with Crippen LogP contribution in [0.15, 0.2) is 36.4 Å². The van der Waals surface area contributed by atoms with Crippen molar-refractivity contribution in [2.45, 2.75) is 19.1 Å². The molecule has 0 amide bonds. The fraction of sp³-hybridized carbons (Fsp3) is 0.273. The predicted octanol–water partition coefficient (Wildman–Crippen LogP) is 3.19. The molecule has 0 saturated heterocycles. The molecule has 0 unspecified atom stereocenters. The van der Waals surface area contributed by atoms with Gasteiger partial charge in [0.25, 0.3) is 0 Å². The first kappa shape index (κ1) is 9.27. The van der Waals surface area contributed by atoms with Crippen molar-refractivity contribution in [2.75, 3.05) is 0 Å². The lowest BCUT2D eigenvalue weighted by Gasteiger charge is -1.95. The number of hydrogen-bond donors (Lipinski definition) is 0. The van der Waals surface area contributed by atoms with Gasteiger partial charge < -0.3 is 0 Å². The summed E-state index contributed by atoms with van der Waals surface area (Å²) in [6.45, 7) is 4.74. The van der Waals surface area contributed by atoms with Gasteiger partial charge in [-0.05, 0) is 11.6 Å². The van der Waals surface area contributed by atoms with Gasteiger partial charge in [0.2, 0.25) is 0 Å². The quantitative estimate of drug-likeness (QED) is 0.620. The zero-order chi connectivity index (χ0) is 8.81. The average Bonchev–Trinajstić information content (AvgIpc) is 2.05. The molecule has 0 aromatic heterocycles. The van der Waals surface area contributed by atoms with Gasteiger partial charge in [0.15, 0.2) is 0 Å². The minimum Gasteiger partial charge on any atom is -0.0869 e. The van der Waals surface area contributed by atoms with Crippen LogP contribution in [0.4, 0.5) is 0 Å². The Kier molecular flexibility index (Phi) is 3.81.